The van der Waals surface area contributed by atoms with Crippen molar-refractivity contribution >= 4 is 29.3 Å². The minimum Gasteiger partial charge on any atom is -0.481 e. The molecule has 0 aliphatic heterocycles. The summed E-state index contributed by atoms with van der Waals surface area (Å²) < 4.78 is 12.9. The second-order valence-corrected chi connectivity index (χ2v) is 6.81. The molecule has 0 bridgehead atoms. The molecule has 1 aromatic heterocycles. The van der Waals surface area contributed by atoms with Crippen molar-refractivity contribution in [2.24, 2.45) is 0 Å². The Morgan fingerprint density at radius 3 is 2.19 bits per heavy atom. The number of halogens is 1. The maximum absolute atomic E-state index is 12.9. The summed E-state index contributed by atoms with van der Waals surface area (Å²) in [6.45, 7) is 1.80. The molecule has 158 valence electrons. The van der Waals surface area contributed by atoms with E-state index in [1.165, 1.54) is 24.3 Å². The van der Waals surface area contributed by atoms with Crippen LogP contribution in [0.3, 0.4) is 0 Å². The van der Waals surface area contributed by atoms with Gasteiger partial charge in [-0.05, 0) is 48.9 Å². The number of anilines is 2. The first kappa shape index (κ1) is 21.6. The van der Waals surface area contributed by atoms with Crippen molar-refractivity contribution in [1.82, 2.24) is 4.98 Å². The summed E-state index contributed by atoms with van der Waals surface area (Å²) in [5.41, 5.74) is 3.23. The van der Waals surface area contributed by atoms with Gasteiger partial charge >= 0.3 is 12.0 Å². The van der Waals surface area contributed by atoms with E-state index < -0.39 is 17.8 Å². The Morgan fingerprint density at radius 1 is 0.903 bits per heavy atom. The minimum absolute atomic E-state index is 0.0460. The first-order chi connectivity index (χ1) is 14.8. The van der Waals surface area contributed by atoms with Crippen LogP contribution < -0.4 is 10.6 Å². The Kier molecular flexibility index (Phi) is 6.71. The Hall–Kier alpha value is -4.07. The normalized spacial score (nSPS) is 10.4. The summed E-state index contributed by atoms with van der Waals surface area (Å²) in [4.78, 5) is 39.1. The van der Waals surface area contributed by atoms with E-state index in [2.05, 4.69) is 15.6 Å². The van der Waals surface area contributed by atoms with Gasteiger partial charge in [-0.15, -0.1) is 0 Å². The monoisotopic (exact) mass is 421 g/mol. The second kappa shape index (κ2) is 9.62. The van der Waals surface area contributed by atoms with Crippen molar-refractivity contribution in [1.29, 1.82) is 0 Å². The number of Topliss-reactive ketones (excluding diaryl/α,β-unsaturated/α-hetero) is 1. The lowest BCUT2D eigenvalue weighted by molar-refractivity contribution is -0.136. The molecule has 8 heteroatoms. The standard InChI is InChI=1S/C23H20FN3O4/c1-14-19(15-2-4-16(5-3-15)20(28)11-13-22(29)30)10-12-21(25-14)27-23(31)26-18-8-6-17(24)7-9-18/h2-10,12H,11,13H2,1H3,(H,29,30)(H2,25,26,27,31). The van der Waals surface area contributed by atoms with E-state index in [4.69, 9.17) is 5.11 Å². The van der Waals surface area contributed by atoms with E-state index in [0.29, 0.717) is 22.8 Å². The van der Waals surface area contributed by atoms with Crippen LogP contribution in [0.25, 0.3) is 11.1 Å². The molecule has 0 spiro atoms. The van der Waals surface area contributed by atoms with E-state index >= 15 is 0 Å². The molecule has 0 unspecified atom stereocenters. The van der Waals surface area contributed by atoms with Gasteiger partial charge in [0.15, 0.2) is 5.78 Å². The Balaban J connectivity index is 1.66. The predicted molar refractivity (Wildman–Crippen MR) is 115 cm³/mol. The molecule has 0 saturated carbocycles. The average molecular weight is 421 g/mol. The second-order valence-electron chi connectivity index (χ2n) is 6.81. The highest BCUT2D eigenvalue weighted by molar-refractivity contribution is 5.99. The average Bonchev–Trinajstić information content (AvgIpc) is 2.74. The first-order valence-electron chi connectivity index (χ1n) is 9.48. The van der Waals surface area contributed by atoms with Crippen LogP contribution in [-0.2, 0) is 4.79 Å². The molecular formula is C23H20FN3O4. The zero-order valence-electron chi connectivity index (χ0n) is 16.7. The van der Waals surface area contributed by atoms with Gasteiger partial charge in [-0.2, -0.15) is 0 Å². The molecule has 3 rings (SSSR count). The number of hydrogen-bond donors (Lipinski definition) is 3. The third kappa shape index (κ3) is 5.96. The van der Waals surface area contributed by atoms with Gasteiger partial charge in [0.2, 0.25) is 0 Å². The van der Waals surface area contributed by atoms with Gasteiger partial charge in [-0.1, -0.05) is 24.3 Å². The van der Waals surface area contributed by atoms with E-state index in [-0.39, 0.29) is 18.6 Å². The number of ketones is 1. The molecule has 3 N–H and O–H groups in total. The lowest BCUT2D eigenvalue weighted by atomic mass is 10.00. The van der Waals surface area contributed by atoms with Crippen LogP contribution in [-0.4, -0.2) is 27.9 Å². The zero-order chi connectivity index (χ0) is 22.4. The molecule has 0 atom stereocenters. The third-order valence-electron chi connectivity index (χ3n) is 4.51. The number of nitrogens with one attached hydrogen (secondary N) is 2. The lowest BCUT2D eigenvalue weighted by Crippen LogP contribution is -2.20. The molecule has 2 aromatic carbocycles. The fraction of sp³-hybridized carbons (Fsp3) is 0.130. The number of urea groups is 1. The number of rotatable bonds is 7. The number of aromatic nitrogens is 1. The summed E-state index contributed by atoms with van der Waals surface area (Å²) in [6.07, 6.45) is -0.248. The lowest BCUT2D eigenvalue weighted by Gasteiger charge is -2.11. The number of amides is 2. The van der Waals surface area contributed by atoms with Crippen molar-refractivity contribution in [2.75, 3.05) is 10.6 Å². The Morgan fingerprint density at radius 2 is 1.58 bits per heavy atom. The number of nitrogens with zero attached hydrogens (tertiary/aromatic N) is 1. The van der Waals surface area contributed by atoms with Crippen LogP contribution in [0.1, 0.15) is 28.9 Å². The van der Waals surface area contributed by atoms with Crippen LogP contribution >= 0.6 is 0 Å². The molecule has 0 radical (unpaired) electrons. The number of carboxylic acids is 1. The predicted octanol–water partition coefficient (Wildman–Crippen LogP) is 4.89. The van der Waals surface area contributed by atoms with E-state index in [1.807, 2.05) is 0 Å². The van der Waals surface area contributed by atoms with Crippen LogP contribution in [0.5, 0.6) is 0 Å². The van der Waals surface area contributed by atoms with E-state index in [1.54, 1.807) is 43.3 Å². The van der Waals surface area contributed by atoms with Gasteiger partial charge in [0.25, 0.3) is 0 Å². The fourth-order valence-electron chi connectivity index (χ4n) is 2.95. The molecule has 7 nitrogen and oxygen atoms in total. The quantitative estimate of drug-likeness (QED) is 0.471. The molecule has 1 heterocycles. The molecule has 0 aliphatic carbocycles. The minimum atomic E-state index is -1.01. The Bertz CT molecular complexity index is 1110. The highest BCUT2D eigenvalue weighted by atomic mass is 19.1. The highest BCUT2D eigenvalue weighted by Gasteiger charge is 2.11. The number of carbonyl (C=O) groups excluding carboxylic acids is 2. The molecule has 31 heavy (non-hydrogen) atoms. The summed E-state index contributed by atoms with van der Waals surface area (Å²) >= 11 is 0. The van der Waals surface area contributed by atoms with Crippen LogP contribution in [0.15, 0.2) is 60.7 Å². The van der Waals surface area contributed by atoms with Crippen molar-refractivity contribution in [3.8, 4) is 11.1 Å². The van der Waals surface area contributed by atoms with Crippen molar-refractivity contribution in [2.45, 2.75) is 19.8 Å². The molecule has 0 fully saturated rings. The number of carboxylic acid groups (broad SMARTS) is 1. The van der Waals surface area contributed by atoms with Crippen molar-refractivity contribution in [3.05, 3.63) is 77.7 Å². The van der Waals surface area contributed by atoms with E-state index in [9.17, 15) is 18.8 Å². The number of carbonyl (C=O) groups is 3. The summed E-state index contributed by atoms with van der Waals surface area (Å²) in [6, 6.07) is 15.2. The maximum Gasteiger partial charge on any atom is 0.324 e. The van der Waals surface area contributed by atoms with Crippen LogP contribution in [0.4, 0.5) is 20.7 Å². The molecule has 3 aromatic rings. The molecular weight excluding hydrogens is 401 g/mol. The van der Waals surface area contributed by atoms with Crippen LogP contribution in [0, 0.1) is 12.7 Å². The SMILES string of the molecule is Cc1nc(NC(=O)Nc2ccc(F)cc2)ccc1-c1ccc(C(=O)CCC(=O)O)cc1. The number of aliphatic carboxylic acids is 1. The van der Waals surface area contributed by atoms with Crippen molar-refractivity contribution < 1.29 is 23.9 Å². The molecule has 2 amide bonds. The van der Waals surface area contributed by atoms with Gasteiger partial charge in [0, 0.05) is 28.9 Å². The third-order valence-corrected chi connectivity index (χ3v) is 4.51. The number of hydrogen-bond acceptors (Lipinski definition) is 4. The number of benzene rings is 2. The van der Waals surface area contributed by atoms with Gasteiger partial charge in [0.1, 0.15) is 11.6 Å². The number of pyridine rings is 1. The topological polar surface area (TPSA) is 108 Å². The summed E-state index contributed by atoms with van der Waals surface area (Å²) in [5, 5.41) is 13.9. The van der Waals surface area contributed by atoms with E-state index in [0.717, 1.165) is 11.1 Å². The van der Waals surface area contributed by atoms with Gasteiger partial charge in [-0.3, -0.25) is 14.9 Å². The van der Waals surface area contributed by atoms with Crippen LogP contribution in [0.2, 0.25) is 0 Å². The van der Waals surface area contributed by atoms with Crippen molar-refractivity contribution in [3.63, 3.8) is 0 Å². The largest absolute Gasteiger partial charge is 0.481 e. The first-order valence-corrected chi connectivity index (χ1v) is 9.48. The Labute approximate surface area is 177 Å². The van der Waals surface area contributed by atoms with Gasteiger partial charge < -0.3 is 10.4 Å². The fourth-order valence-corrected chi connectivity index (χ4v) is 2.95. The zero-order valence-corrected chi connectivity index (χ0v) is 16.7. The molecule has 0 aliphatic rings. The smallest absolute Gasteiger partial charge is 0.324 e. The van der Waals surface area contributed by atoms with Gasteiger partial charge in [-0.25, -0.2) is 14.2 Å². The molecule has 0 saturated heterocycles. The summed E-state index contributed by atoms with van der Waals surface area (Å²) in [5.74, 6) is -1.28. The highest BCUT2D eigenvalue weighted by Crippen LogP contribution is 2.24. The summed E-state index contributed by atoms with van der Waals surface area (Å²) in [7, 11) is 0. The number of aryl methyl sites for hydroxylation is 1. The van der Waals surface area contributed by atoms with Gasteiger partial charge in [0.05, 0.1) is 6.42 Å². The maximum atomic E-state index is 12.9.